The maximum Gasteiger partial charge on any atom is 0.326 e. The lowest BCUT2D eigenvalue weighted by atomic mass is 9.90. The normalized spacial score (nSPS) is 24.3. The zero-order chi connectivity index (χ0) is 20.9. The van der Waals surface area contributed by atoms with E-state index >= 15 is 0 Å². The highest BCUT2D eigenvalue weighted by atomic mass is 32.1. The number of amides is 3. The Balaban J connectivity index is 1.42. The quantitative estimate of drug-likeness (QED) is 0.627. The van der Waals surface area contributed by atoms with Gasteiger partial charge in [-0.15, -0.1) is 11.3 Å². The number of hydrogen-bond donors (Lipinski definition) is 1. The highest BCUT2D eigenvalue weighted by molar-refractivity contribution is 7.10. The molecule has 3 heterocycles. The van der Waals surface area contributed by atoms with E-state index in [0.717, 1.165) is 35.7 Å². The van der Waals surface area contributed by atoms with Gasteiger partial charge >= 0.3 is 6.03 Å². The molecule has 5 rings (SSSR count). The first kappa shape index (κ1) is 19.3. The SMILES string of the molecule is CC[C@H]1c2ccsc2CCN1CN1C(=O)N[C@](C)(c2ccc3ccccc3c2)C1=O. The number of benzene rings is 2. The Kier molecular flexibility index (Phi) is 4.64. The Morgan fingerprint density at radius 3 is 2.73 bits per heavy atom. The second-order valence-corrected chi connectivity index (χ2v) is 9.28. The van der Waals surface area contributed by atoms with Crippen LogP contribution in [0.5, 0.6) is 0 Å². The average molecular weight is 420 g/mol. The molecule has 1 fully saturated rings. The van der Waals surface area contributed by atoms with Gasteiger partial charge in [-0.2, -0.15) is 0 Å². The molecule has 154 valence electrons. The monoisotopic (exact) mass is 419 g/mol. The van der Waals surface area contributed by atoms with Crippen molar-refractivity contribution in [1.82, 2.24) is 15.1 Å². The van der Waals surface area contributed by atoms with Gasteiger partial charge in [0, 0.05) is 17.5 Å². The van der Waals surface area contributed by atoms with Crippen molar-refractivity contribution in [2.45, 2.75) is 38.3 Å². The zero-order valence-corrected chi connectivity index (χ0v) is 18.0. The van der Waals surface area contributed by atoms with Crippen LogP contribution in [0.4, 0.5) is 4.79 Å². The van der Waals surface area contributed by atoms with E-state index in [1.165, 1.54) is 15.3 Å². The smallest absolute Gasteiger partial charge is 0.319 e. The summed E-state index contributed by atoms with van der Waals surface area (Å²) in [7, 11) is 0. The van der Waals surface area contributed by atoms with Crippen molar-refractivity contribution in [3.05, 3.63) is 69.9 Å². The molecule has 2 aromatic carbocycles. The number of carbonyl (C=O) groups is 2. The minimum atomic E-state index is -1.05. The largest absolute Gasteiger partial charge is 0.326 e. The van der Waals surface area contributed by atoms with Crippen LogP contribution in [-0.2, 0) is 16.8 Å². The maximum atomic E-state index is 13.5. The van der Waals surface area contributed by atoms with E-state index in [0.29, 0.717) is 6.67 Å². The molecule has 6 heteroatoms. The van der Waals surface area contributed by atoms with Crippen LogP contribution in [0.2, 0.25) is 0 Å². The number of hydrogen-bond acceptors (Lipinski definition) is 4. The van der Waals surface area contributed by atoms with Gasteiger partial charge in [-0.25, -0.2) is 9.69 Å². The van der Waals surface area contributed by atoms with Gasteiger partial charge in [0.25, 0.3) is 5.91 Å². The Morgan fingerprint density at radius 2 is 1.93 bits per heavy atom. The molecule has 0 radical (unpaired) electrons. The Morgan fingerprint density at radius 1 is 1.13 bits per heavy atom. The zero-order valence-electron chi connectivity index (χ0n) is 17.2. The van der Waals surface area contributed by atoms with Crippen LogP contribution in [0.3, 0.4) is 0 Å². The van der Waals surface area contributed by atoms with Gasteiger partial charge in [0.2, 0.25) is 0 Å². The van der Waals surface area contributed by atoms with Crippen molar-refractivity contribution >= 4 is 34.0 Å². The van der Waals surface area contributed by atoms with Crippen LogP contribution in [0, 0.1) is 0 Å². The predicted octanol–water partition coefficient (Wildman–Crippen LogP) is 4.64. The fourth-order valence-electron chi connectivity index (χ4n) is 4.80. The lowest BCUT2D eigenvalue weighted by Gasteiger charge is -2.37. The van der Waals surface area contributed by atoms with Crippen molar-refractivity contribution in [2.75, 3.05) is 13.2 Å². The van der Waals surface area contributed by atoms with Crippen LogP contribution in [0.25, 0.3) is 10.8 Å². The number of fused-ring (bicyclic) bond motifs is 2. The number of urea groups is 1. The number of rotatable bonds is 4. The van der Waals surface area contributed by atoms with Crippen LogP contribution >= 0.6 is 11.3 Å². The molecule has 0 spiro atoms. The summed E-state index contributed by atoms with van der Waals surface area (Å²) in [5.41, 5.74) is 1.11. The molecule has 1 aromatic heterocycles. The fourth-order valence-corrected chi connectivity index (χ4v) is 5.73. The van der Waals surface area contributed by atoms with Crippen molar-refractivity contribution < 1.29 is 9.59 Å². The van der Waals surface area contributed by atoms with Gasteiger partial charge in [-0.1, -0.05) is 43.3 Å². The maximum absolute atomic E-state index is 13.5. The fraction of sp³-hybridized carbons (Fsp3) is 0.333. The summed E-state index contributed by atoms with van der Waals surface area (Å²) in [5, 5.41) is 7.27. The summed E-state index contributed by atoms with van der Waals surface area (Å²) >= 11 is 1.80. The molecule has 2 aliphatic rings. The molecule has 0 saturated carbocycles. The Labute approximate surface area is 180 Å². The molecule has 5 nitrogen and oxygen atoms in total. The summed E-state index contributed by atoms with van der Waals surface area (Å²) in [5.74, 6) is -0.186. The van der Waals surface area contributed by atoms with Crippen molar-refractivity contribution in [3.8, 4) is 0 Å². The molecule has 0 unspecified atom stereocenters. The second-order valence-electron chi connectivity index (χ2n) is 8.28. The molecule has 3 amide bonds. The lowest BCUT2D eigenvalue weighted by molar-refractivity contribution is -0.133. The Hall–Kier alpha value is -2.70. The van der Waals surface area contributed by atoms with Gasteiger partial charge in [-0.05, 0) is 59.2 Å². The molecule has 2 atom stereocenters. The standard InChI is InChI=1S/C24H25N3O2S/c1-3-20-19-11-13-30-21(19)10-12-26(20)15-27-22(28)24(2,25-23(27)29)18-9-8-16-6-4-5-7-17(16)14-18/h4-9,11,13-14,20H,3,10,12,15H2,1-2H3,(H,25,29)/t20-,24+/m0/s1. The third-order valence-corrected chi connectivity index (χ3v) is 7.51. The number of imide groups is 1. The number of thiophene rings is 1. The Bertz CT molecular complexity index is 1140. The van der Waals surface area contributed by atoms with Gasteiger partial charge < -0.3 is 5.32 Å². The first-order valence-electron chi connectivity index (χ1n) is 10.4. The molecule has 2 aliphatic heterocycles. The van der Waals surface area contributed by atoms with Gasteiger partial charge in [0.05, 0.1) is 6.67 Å². The van der Waals surface area contributed by atoms with E-state index in [2.05, 4.69) is 28.6 Å². The van der Waals surface area contributed by atoms with E-state index in [1.54, 1.807) is 11.3 Å². The summed E-state index contributed by atoms with van der Waals surface area (Å²) in [6.45, 7) is 5.15. The number of nitrogens with one attached hydrogen (secondary N) is 1. The summed E-state index contributed by atoms with van der Waals surface area (Å²) in [4.78, 5) is 31.4. The first-order chi connectivity index (χ1) is 14.5. The van der Waals surface area contributed by atoms with Crippen molar-refractivity contribution in [1.29, 1.82) is 0 Å². The van der Waals surface area contributed by atoms with E-state index in [-0.39, 0.29) is 18.0 Å². The molecule has 0 aliphatic carbocycles. The van der Waals surface area contributed by atoms with E-state index < -0.39 is 5.54 Å². The minimum Gasteiger partial charge on any atom is -0.319 e. The van der Waals surface area contributed by atoms with Crippen LogP contribution in [-0.4, -0.2) is 35.0 Å². The predicted molar refractivity (Wildman–Crippen MR) is 119 cm³/mol. The highest BCUT2D eigenvalue weighted by Crippen LogP contribution is 2.37. The highest BCUT2D eigenvalue weighted by Gasteiger charge is 2.49. The molecule has 0 bridgehead atoms. The topological polar surface area (TPSA) is 52.6 Å². The minimum absolute atomic E-state index is 0.186. The molecule has 30 heavy (non-hydrogen) atoms. The van der Waals surface area contributed by atoms with Crippen molar-refractivity contribution in [2.24, 2.45) is 0 Å². The summed E-state index contributed by atoms with van der Waals surface area (Å²) in [6.07, 6.45) is 1.92. The number of nitrogens with zero attached hydrogens (tertiary/aromatic N) is 2. The third kappa shape index (κ3) is 2.94. The lowest BCUT2D eigenvalue weighted by Crippen LogP contribution is -2.46. The molecular weight excluding hydrogens is 394 g/mol. The summed E-state index contributed by atoms with van der Waals surface area (Å²) in [6, 6.07) is 16.1. The van der Waals surface area contributed by atoms with E-state index in [4.69, 9.17) is 0 Å². The third-order valence-electron chi connectivity index (χ3n) is 6.52. The van der Waals surface area contributed by atoms with Gasteiger partial charge in [-0.3, -0.25) is 9.69 Å². The van der Waals surface area contributed by atoms with Crippen LogP contribution < -0.4 is 5.32 Å². The first-order valence-corrected chi connectivity index (χ1v) is 11.3. The molecule has 1 N–H and O–H groups in total. The average Bonchev–Trinajstić information content (AvgIpc) is 3.32. The molecule has 1 saturated heterocycles. The van der Waals surface area contributed by atoms with E-state index in [9.17, 15) is 9.59 Å². The van der Waals surface area contributed by atoms with Crippen LogP contribution in [0.15, 0.2) is 53.9 Å². The van der Waals surface area contributed by atoms with Gasteiger partial charge in [0.1, 0.15) is 5.54 Å². The molecule has 3 aromatic rings. The van der Waals surface area contributed by atoms with E-state index in [1.807, 2.05) is 49.4 Å². The second kappa shape index (κ2) is 7.22. The molecular formula is C24H25N3O2S. The summed E-state index contributed by atoms with van der Waals surface area (Å²) < 4.78 is 0. The van der Waals surface area contributed by atoms with Gasteiger partial charge in [0.15, 0.2) is 0 Å². The van der Waals surface area contributed by atoms with Crippen molar-refractivity contribution in [3.63, 3.8) is 0 Å². The number of carbonyl (C=O) groups excluding carboxylic acids is 2. The van der Waals surface area contributed by atoms with Crippen LogP contribution in [0.1, 0.15) is 42.3 Å².